The number of imidazole rings is 2. The third-order valence-electron chi connectivity index (χ3n) is 13.7. The van der Waals surface area contributed by atoms with Gasteiger partial charge in [0.25, 0.3) is 11.8 Å². The second-order valence-electron chi connectivity index (χ2n) is 17.8. The maximum atomic E-state index is 16.1. The van der Waals surface area contributed by atoms with Crippen molar-refractivity contribution in [1.29, 1.82) is 0 Å². The largest absolute Gasteiger partial charge is 0.385 e. The molecule has 4 atom stereocenters. The number of aryl methyl sites for hydroxylation is 1. The van der Waals surface area contributed by atoms with E-state index in [9.17, 15) is 23.6 Å². The Kier molecular flexibility index (Phi) is 10.7. The molecule has 0 radical (unpaired) electrons. The van der Waals surface area contributed by atoms with Crippen molar-refractivity contribution >= 4 is 51.6 Å². The molecule has 18 heteroatoms. The van der Waals surface area contributed by atoms with Gasteiger partial charge < -0.3 is 15.5 Å². The number of hydrogen-bond acceptors (Lipinski definition) is 10. The van der Waals surface area contributed by atoms with Crippen LogP contribution in [0.3, 0.4) is 0 Å². The van der Waals surface area contributed by atoms with E-state index in [1.807, 2.05) is 46.2 Å². The molecule has 64 heavy (non-hydrogen) atoms. The van der Waals surface area contributed by atoms with Crippen molar-refractivity contribution < 1.29 is 27.6 Å². The summed E-state index contributed by atoms with van der Waals surface area (Å²) in [6.07, 6.45) is 4.31. The van der Waals surface area contributed by atoms with Gasteiger partial charge >= 0.3 is 5.69 Å². The Balaban J connectivity index is 0.765. The van der Waals surface area contributed by atoms with E-state index in [1.54, 1.807) is 20.2 Å². The lowest BCUT2D eigenvalue weighted by atomic mass is 9.90. The van der Waals surface area contributed by atoms with Gasteiger partial charge in [-0.05, 0) is 80.4 Å². The van der Waals surface area contributed by atoms with Crippen LogP contribution in [0.4, 0.5) is 30.4 Å². The van der Waals surface area contributed by atoms with E-state index in [1.165, 1.54) is 19.8 Å². The Labute approximate surface area is 366 Å². The van der Waals surface area contributed by atoms with Crippen molar-refractivity contribution in [2.45, 2.75) is 88.1 Å². The Hall–Kier alpha value is -6.19. The van der Waals surface area contributed by atoms with Crippen molar-refractivity contribution in [3.63, 3.8) is 0 Å². The number of carbonyl (C=O) groups is 3. The van der Waals surface area contributed by atoms with E-state index in [4.69, 9.17) is 5.10 Å². The van der Waals surface area contributed by atoms with Crippen LogP contribution in [0, 0.1) is 17.8 Å². The highest BCUT2D eigenvalue weighted by molar-refractivity contribution is 6.00. The number of rotatable bonds is 9. The van der Waals surface area contributed by atoms with Gasteiger partial charge in [0, 0.05) is 64.7 Å². The zero-order valence-electron chi connectivity index (χ0n) is 35.7. The zero-order chi connectivity index (χ0) is 44.4. The van der Waals surface area contributed by atoms with Crippen LogP contribution in [0.2, 0.25) is 0 Å². The highest BCUT2D eigenvalue weighted by Gasteiger charge is 2.48. The first-order valence-electron chi connectivity index (χ1n) is 22.1. The van der Waals surface area contributed by atoms with Gasteiger partial charge in [0.05, 0.1) is 47.1 Å². The number of amides is 3. The maximum Gasteiger partial charge on any atom is 0.329 e. The van der Waals surface area contributed by atoms with Crippen LogP contribution in [-0.4, -0.2) is 115 Å². The van der Waals surface area contributed by atoms with E-state index in [0.717, 1.165) is 29.7 Å². The minimum atomic E-state index is -2.89. The van der Waals surface area contributed by atoms with Gasteiger partial charge in [-0.1, -0.05) is 30.0 Å². The Morgan fingerprint density at radius 3 is 2.56 bits per heavy atom. The molecule has 5 aliphatic rings. The van der Waals surface area contributed by atoms with Crippen LogP contribution >= 0.6 is 0 Å². The number of hydrogen-bond donors (Lipinski definition) is 3. The molecule has 4 aliphatic heterocycles. The first kappa shape index (κ1) is 41.8. The molecule has 334 valence electrons. The van der Waals surface area contributed by atoms with Crippen molar-refractivity contribution in [3.8, 4) is 11.8 Å². The van der Waals surface area contributed by atoms with Gasteiger partial charge in [0.15, 0.2) is 17.2 Å². The summed E-state index contributed by atoms with van der Waals surface area (Å²) in [6.45, 7) is 2.40. The van der Waals surface area contributed by atoms with Crippen LogP contribution in [0.15, 0.2) is 53.5 Å². The normalized spacial score (nSPS) is 23.8. The molecule has 3 N–H and O–H groups in total. The average molecular weight is 878 g/mol. The van der Waals surface area contributed by atoms with Gasteiger partial charge in [-0.15, -0.1) is 5.10 Å². The summed E-state index contributed by atoms with van der Waals surface area (Å²) in [6, 6.07) is 11.2. The van der Waals surface area contributed by atoms with E-state index in [0.29, 0.717) is 92.2 Å². The minimum absolute atomic E-state index is 0.160. The quantitative estimate of drug-likeness (QED) is 0.144. The third kappa shape index (κ3) is 7.57. The SMILES string of the molecule is CNc1cc(N2CCc3c(CN4CCC(N5CCC(CC#Cc6cccc7c6n(C)c(=O)n7C6CCC(=O)NC6=O)CC5)C(F)(F)C4)cccc32)nn2c(C(=O)N[C@@H]3C[C@@H]3F)cnc12. The summed E-state index contributed by atoms with van der Waals surface area (Å²) in [5.41, 5.74) is 5.92. The lowest BCUT2D eigenvalue weighted by Gasteiger charge is -2.45. The summed E-state index contributed by atoms with van der Waals surface area (Å²) in [5, 5.41) is 13.0. The van der Waals surface area contributed by atoms with E-state index in [2.05, 4.69) is 37.7 Å². The number of carbonyl (C=O) groups excluding carboxylic acids is 3. The van der Waals surface area contributed by atoms with Gasteiger partial charge in [0.2, 0.25) is 11.8 Å². The lowest BCUT2D eigenvalue weighted by molar-refractivity contribution is -0.135. The van der Waals surface area contributed by atoms with Gasteiger partial charge in [-0.25, -0.2) is 27.5 Å². The van der Waals surface area contributed by atoms with Gasteiger partial charge in [0.1, 0.15) is 12.2 Å². The smallest absolute Gasteiger partial charge is 0.329 e. The van der Waals surface area contributed by atoms with Crippen molar-refractivity contribution in [2.75, 3.05) is 50.0 Å². The molecule has 3 amide bonds. The molecule has 5 aromatic rings. The number of alkyl halides is 3. The highest BCUT2D eigenvalue weighted by Crippen LogP contribution is 2.39. The number of nitrogens with zero attached hydrogens (tertiary/aromatic N) is 8. The summed E-state index contributed by atoms with van der Waals surface area (Å²) in [4.78, 5) is 61.0. The maximum absolute atomic E-state index is 16.1. The van der Waals surface area contributed by atoms with Crippen LogP contribution in [0.25, 0.3) is 16.7 Å². The predicted octanol–water partition coefficient (Wildman–Crippen LogP) is 4.30. The fraction of sp³-hybridized carbons (Fsp3) is 0.478. The molecule has 3 saturated heterocycles. The number of aromatic nitrogens is 5. The number of halogens is 3. The fourth-order valence-electron chi connectivity index (χ4n) is 10.2. The molecule has 1 saturated carbocycles. The first-order valence-corrected chi connectivity index (χ1v) is 22.1. The van der Waals surface area contributed by atoms with Crippen molar-refractivity contribution in [1.82, 2.24) is 44.2 Å². The lowest BCUT2D eigenvalue weighted by Crippen LogP contribution is -2.59. The molecule has 2 unspecified atom stereocenters. The summed E-state index contributed by atoms with van der Waals surface area (Å²) in [7, 11) is 3.42. The molecular formula is C46H50F3N11O4. The van der Waals surface area contributed by atoms with Gasteiger partial charge in [-0.2, -0.15) is 0 Å². The molecule has 7 heterocycles. The third-order valence-corrected chi connectivity index (χ3v) is 13.7. The Bertz CT molecular complexity index is 2820. The monoisotopic (exact) mass is 877 g/mol. The molecule has 3 aromatic heterocycles. The molecule has 1 aliphatic carbocycles. The highest BCUT2D eigenvalue weighted by atomic mass is 19.3. The minimum Gasteiger partial charge on any atom is -0.385 e. The molecular weight excluding hydrogens is 828 g/mol. The Morgan fingerprint density at radius 2 is 1.81 bits per heavy atom. The molecule has 10 rings (SSSR count). The molecule has 0 spiro atoms. The number of nitrogens with one attached hydrogen (secondary N) is 3. The predicted molar refractivity (Wildman–Crippen MR) is 233 cm³/mol. The second-order valence-corrected chi connectivity index (χ2v) is 17.8. The van der Waals surface area contributed by atoms with Crippen molar-refractivity contribution in [3.05, 3.63) is 81.5 Å². The Morgan fingerprint density at radius 1 is 1.02 bits per heavy atom. The number of benzene rings is 2. The number of piperidine rings is 3. The van der Waals surface area contributed by atoms with Crippen LogP contribution < -0.4 is 26.5 Å². The molecule has 4 fully saturated rings. The number of imide groups is 1. The number of para-hydroxylation sites is 1. The summed E-state index contributed by atoms with van der Waals surface area (Å²) < 4.78 is 50.2. The summed E-state index contributed by atoms with van der Waals surface area (Å²) >= 11 is 0. The average Bonchev–Trinajstić information content (AvgIpc) is 3.56. The first-order chi connectivity index (χ1) is 30.9. The van der Waals surface area contributed by atoms with E-state index in [-0.39, 0.29) is 42.6 Å². The fourth-order valence-corrected chi connectivity index (χ4v) is 10.2. The van der Waals surface area contributed by atoms with Crippen LogP contribution in [0.5, 0.6) is 0 Å². The van der Waals surface area contributed by atoms with E-state index >= 15 is 8.78 Å². The summed E-state index contributed by atoms with van der Waals surface area (Å²) in [5.74, 6) is 3.24. The molecule has 0 bridgehead atoms. The van der Waals surface area contributed by atoms with Gasteiger partial charge in [-0.3, -0.25) is 38.6 Å². The molecule has 15 nitrogen and oxygen atoms in total. The number of likely N-dealkylation sites (tertiary alicyclic amines) is 2. The number of anilines is 3. The standard InChI is InChI=1S/C46H50F3N11O4/c1-50-33-23-39(54-60-37(24-51-42(33)60)44(63)52-32-22-31(32)47)58-21-16-30-29(9-5-10-34(30)58)25-56-18-17-38(46(48,49)26-56)57-19-14-27(15-20-57)6-3-7-28-8-4-11-35-41(28)55(2)45(64)59(35)36-12-13-40(61)53-43(36)62/h4-5,8-11,23-24,27,31-32,36,38,50H,6,12-22,25-26H2,1-2H3,(H,52,63)(H,53,61,62)/t31-,32+,36?,38?/m0/s1. The van der Waals surface area contributed by atoms with E-state index < -0.39 is 42.0 Å². The van der Waals surface area contributed by atoms with Crippen LogP contribution in [-0.2, 0) is 29.6 Å². The van der Waals surface area contributed by atoms with Crippen molar-refractivity contribution in [2.24, 2.45) is 13.0 Å². The molecule has 2 aromatic carbocycles. The number of fused-ring (bicyclic) bond motifs is 3. The zero-order valence-corrected chi connectivity index (χ0v) is 35.7. The van der Waals surface area contributed by atoms with Crippen LogP contribution in [0.1, 0.15) is 78.2 Å². The second kappa shape index (κ2) is 16.4. The topological polar surface area (TPSA) is 154 Å².